The average Bonchev–Trinajstić information content (AvgIpc) is 3.08. The molecule has 0 radical (unpaired) electrons. The smallest absolute Gasteiger partial charge is 0.306 e. The lowest BCUT2D eigenvalue weighted by atomic mass is 10.0. The van der Waals surface area contributed by atoms with Crippen LogP contribution in [0.2, 0.25) is 0 Å². The molecule has 0 aliphatic carbocycles. The van der Waals surface area contributed by atoms with E-state index in [1.54, 1.807) is 0 Å². The number of ether oxygens (including phenoxy) is 3. The van der Waals surface area contributed by atoms with Crippen molar-refractivity contribution in [3.05, 3.63) is 0 Å². The van der Waals surface area contributed by atoms with E-state index in [1.807, 2.05) is 0 Å². The third-order valence-electron chi connectivity index (χ3n) is 9.90. The maximum absolute atomic E-state index is 12.7. The summed E-state index contributed by atoms with van der Waals surface area (Å²) < 4.78 is 16.7. The predicted molar refractivity (Wildman–Crippen MR) is 215 cm³/mol. The molecule has 0 aromatic rings. The zero-order valence-electron chi connectivity index (χ0n) is 34.9. The maximum atomic E-state index is 12.7. The van der Waals surface area contributed by atoms with Crippen LogP contribution in [-0.4, -0.2) is 37.2 Å². The summed E-state index contributed by atoms with van der Waals surface area (Å²) in [5, 5.41) is 0. The highest BCUT2D eigenvalue weighted by atomic mass is 16.6. The summed E-state index contributed by atoms with van der Waals surface area (Å²) in [7, 11) is 0. The molecule has 0 heterocycles. The van der Waals surface area contributed by atoms with Gasteiger partial charge in [0, 0.05) is 19.3 Å². The number of rotatable bonds is 38. The SMILES string of the molecule is CC(C)CCCCCCCCCCCCC(=O)OC[C@H](COC(=O)CCCCCCCCC(C)C)OC(=O)CCCCCCCCCCC(C)C. The molecule has 1 atom stereocenters. The first kappa shape index (κ1) is 49.4. The largest absolute Gasteiger partial charge is 0.462 e. The van der Waals surface area contributed by atoms with E-state index in [0.717, 1.165) is 75.5 Å². The molecule has 0 fully saturated rings. The lowest BCUT2D eigenvalue weighted by molar-refractivity contribution is -0.167. The van der Waals surface area contributed by atoms with Crippen LogP contribution in [0.25, 0.3) is 0 Å². The summed E-state index contributed by atoms with van der Waals surface area (Å²) in [5.41, 5.74) is 0. The first-order chi connectivity index (χ1) is 24.6. The lowest BCUT2D eigenvalue weighted by Crippen LogP contribution is -2.30. The topological polar surface area (TPSA) is 78.9 Å². The lowest BCUT2D eigenvalue weighted by Gasteiger charge is -2.18. The van der Waals surface area contributed by atoms with Crippen LogP contribution in [0, 0.1) is 17.8 Å². The van der Waals surface area contributed by atoms with Crippen LogP contribution < -0.4 is 0 Å². The van der Waals surface area contributed by atoms with Gasteiger partial charge >= 0.3 is 17.9 Å². The molecule has 6 nitrogen and oxygen atoms in total. The van der Waals surface area contributed by atoms with Crippen molar-refractivity contribution < 1.29 is 28.6 Å². The maximum Gasteiger partial charge on any atom is 0.306 e. The molecule has 0 spiro atoms. The minimum absolute atomic E-state index is 0.0673. The first-order valence-electron chi connectivity index (χ1n) is 22.1. The number of carbonyl (C=O) groups excluding carboxylic acids is 3. The fraction of sp³-hybridized carbons (Fsp3) is 0.933. The fourth-order valence-electron chi connectivity index (χ4n) is 6.52. The van der Waals surface area contributed by atoms with Gasteiger partial charge in [0.2, 0.25) is 0 Å². The van der Waals surface area contributed by atoms with Crippen molar-refractivity contribution >= 4 is 17.9 Å². The van der Waals surface area contributed by atoms with Crippen molar-refractivity contribution in [1.82, 2.24) is 0 Å². The minimum atomic E-state index is -0.762. The highest BCUT2D eigenvalue weighted by molar-refractivity contribution is 5.71. The van der Waals surface area contributed by atoms with Crippen molar-refractivity contribution in [2.24, 2.45) is 17.8 Å². The fourth-order valence-corrected chi connectivity index (χ4v) is 6.52. The van der Waals surface area contributed by atoms with Crippen molar-refractivity contribution in [1.29, 1.82) is 0 Å². The van der Waals surface area contributed by atoms with Crippen molar-refractivity contribution in [2.45, 2.75) is 240 Å². The Morgan fingerprint density at radius 1 is 0.333 bits per heavy atom. The Balaban J connectivity index is 4.34. The molecule has 0 saturated carbocycles. The van der Waals surface area contributed by atoms with Crippen LogP contribution in [0.1, 0.15) is 234 Å². The second-order valence-corrected chi connectivity index (χ2v) is 16.8. The molecule has 0 rings (SSSR count). The van der Waals surface area contributed by atoms with Crippen molar-refractivity contribution in [3.63, 3.8) is 0 Å². The van der Waals surface area contributed by atoms with E-state index in [4.69, 9.17) is 14.2 Å². The van der Waals surface area contributed by atoms with E-state index in [9.17, 15) is 14.4 Å². The van der Waals surface area contributed by atoms with Gasteiger partial charge in [0.25, 0.3) is 0 Å². The van der Waals surface area contributed by atoms with Crippen LogP contribution in [0.3, 0.4) is 0 Å². The van der Waals surface area contributed by atoms with Crippen LogP contribution in [0.5, 0.6) is 0 Å². The number of hydrogen-bond donors (Lipinski definition) is 0. The van der Waals surface area contributed by atoms with E-state index in [2.05, 4.69) is 41.5 Å². The summed E-state index contributed by atoms with van der Waals surface area (Å²) in [6, 6.07) is 0. The zero-order chi connectivity index (χ0) is 37.8. The molecular formula is C45H86O6. The molecule has 0 aliphatic rings. The van der Waals surface area contributed by atoms with E-state index in [-0.39, 0.29) is 31.1 Å². The average molecular weight is 723 g/mol. The Morgan fingerprint density at radius 3 is 0.843 bits per heavy atom. The summed E-state index contributed by atoms with van der Waals surface area (Å²) in [6.45, 7) is 13.6. The Hall–Kier alpha value is -1.59. The van der Waals surface area contributed by atoms with Gasteiger partial charge in [-0.05, 0) is 37.0 Å². The molecule has 0 aliphatic heterocycles. The monoisotopic (exact) mass is 723 g/mol. The van der Waals surface area contributed by atoms with Crippen molar-refractivity contribution in [2.75, 3.05) is 13.2 Å². The quantitative estimate of drug-likeness (QED) is 0.0359. The molecule has 51 heavy (non-hydrogen) atoms. The normalized spacial score (nSPS) is 12.2. The van der Waals surface area contributed by atoms with Crippen LogP contribution >= 0.6 is 0 Å². The number of hydrogen-bond acceptors (Lipinski definition) is 6. The molecule has 0 N–H and O–H groups in total. The summed E-state index contributed by atoms with van der Waals surface area (Å²) in [6.07, 6.45) is 32.5. The standard InChI is InChI=1S/C45H86O6/c1-39(2)31-25-19-13-9-7-8-10-15-22-28-34-43(46)49-37-42(38-50-44(47)35-29-23-18-17-21-27-33-41(5)6)51-45(48)36-30-24-16-12-11-14-20-26-32-40(3)4/h39-42H,7-38H2,1-6H3/t42-/m1/s1. The molecule has 6 heteroatoms. The predicted octanol–water partition coefficient (Wildman–Crippen LogP) is 13.7. The van der Waals surface area contributed by atoms with Gasteiger partial charge in [-0.1, -0.05) is 196 Å². The van der Waals surface area contributed by atoms with Gasteiger partial charge in [-0.25, -0.2) is 0 Å². The minimum Gasteiger partial charge on any atom is -0.462 e. The molecule has 0 bridgehead atoms. The van der Waals surface area contributed by atoms with Gasteiger partial charge in [0.05, 0.1) is 0 Å². The zero-order valence-corrected chi connectivity index (χ0v) is 34.9. The van der Waals surface area contributed by atoms with Gasteiger partial charge in [0.15, 0.2) is 6.10 Å². The van der Waals surface area contributed by atoms with Crippen molar-refractivity contribution in [3.8, 4) is 0 Å². The van der Waals surface area contributed by atoms with Crippen LogP contribution in [-0.2, 0) is 28.6 Å². The number of carbonyl (C=O) groups is 3. The second kappa shape index (κ2) is 36.8. The van der Waals surface area contributed by atoms with Crippen LogP contribution in [0.15, 0.2) is 0 Å². The van der Waals surface area contributed by atoms with Crippen LogP contribution in [0.4, 0.5) is 0 Å². The van der Waals surface area contributed by atoms with E-state index in [1.165, 1.54) is 116 Å². The highest BCUT2D eigenvalue weighted by Crippen LogP contribution is 2.16. The Bertz CT molecular complexity index is 792. The van der Waals surface area contributed by atoms with Gasteiger partial charge < -0.3 is 14.2 Å². The molecule has 302 valence electrons. The van der Waals surface area contributed by atoms with Gasteiger partial charge in [-0.3, -0.25) is 14.4 Å². The first-order valence-corrected chi connectivity index (χ1v) is 22.1. The van der Waals surface area contributed by atoms with Gasteiger partial charge in [0.1, 0.15) is 13.2 Å². The molecule has 0 aromatic carbocycles. The summed E-state index contributed by atoms with van der Waals surface area (Å²) in [5.74, 6) is 1.51. The van der Waals surface area contributed by atoms with E-state index >= 15 is 0 Å². The van der Waals surface area contributed by atoms with E-state index in [0.29, 0.717) is 19.3 Å². The highest BCUT2D eigenvalue weighted by Gasteiger charge is 2.19. The molecule has 0 unspecified atom stereocenters. The molecule has 0 saturated heterocycles. The molecule has 0 aromatic heterocycles. The number of unbranched alkanes of at least 4 members (excludes halogenated alkanes) is 21. The molecular weight excluding hydrogens is 636 g/mol. The second-order valence-electron chi connectivity index (χ2n) is 16.8. The third-order valence-corrected chi connectivity index (χ3v) is 9.90. The number of esters is 3. The summed E-state index contributed by atoms with van der Waals surface area (Å²) in [4.78, 5) is 37.6. The van der Waals surface area contributed by atoms with Gasteiger partial charge in [-0.2, -0.15) is 0 Å². The Kier molecular flexibility index (Phi) is 35.6. The summed E-state index contributed by atoms with van der Waals surface area (Å²) >= 11 is 0. The van der Waals surface area contributed by atoms with Gasteiger partial charge in [-0.15, -0.1) is 0 Å². The molecule has 0 amide bonds. The van der Waals surface area contributed by atoms with E-state index < -0.39 is 6.10 Å². The Morgan fingerprint density at radius 2 is 0.569 bits per heavy atom. The third kappa shape index (κ3) is 39.5. The Labute approximate surface area is 317 Å².